The van der Waals surface area contributed by atoms with Crippen molar-refractivity contribution in [2.75, 3.05) is 4.90 Å². The standard InChI is InChI=1S/C61H44N4/c1-43-42-63-56(41-55(43)47-34-32-45(33-35-47)44-19-6-2-7-20-44)50-27-18-28-51(39-50)64(57-30-15-14-29-53(57)46-21-8-3-9-22-46)52-36-37-54-58(40-52)65(59-31-16-17-38-62-59)61(49-25-12-5-13-26-49)60(54)48-23-10-4-11-24-48/h2-42H,1H3. The number of benzene rings is 8. The third-order valence-electron chi connectivity index (χ3n) is 12.2. The summed E-state index contributed by atoms with van der Waals surface area (Å²) in [5.74, 6) is 0.852. The first-order valence-corrected chi connectivity index (χ1v) is 22.1. The van der Waals surface area contributed by atoms with Gasteiger partial charge in [0, 0.05) is 45.8 Å². The molecule has 4 heteroatoms. The van der Waals surface area contributed by atoms with Crippen molar-refractivity contribution in [1.82, 2.24) is 14.5 Å². The molecule has 0 spiro atoms. The van der Waals surface area contributed by atoms with Gasteiger partial charge in [0.2, 0.25) is 0 Å². The highest BCUT2D eigenvalue weighted by atomic mass is 15.2. The van der Waals surface area contributed by atoms with Gasteiger partial charge in [-0.2, -0.15) is 0 Å². The molecule has 0 aliphatic carbocycles. The van der Waals surface area contributed by atoms with Crippen LogP contribution in [0.2, 0.25) is 0 Å². The molecule has 0 saturated carbocycles. The minimum Gasteiger partial charge on any atom is -0.310 e. The summed E-state index contributed by atoms with van der Waals surface area (Å²) < 4.78 is 2.33. The Bertz CT molecular complexity index is 3400. The van der Waals surface area contributed by atoms with E-state index in [1.54, 1.807) is 0 Å². The molecule has 0 saturated heterocycles. The molecule has 11 rings (SSSR count). The molecule has 0 aliphatic heterocycles. The van der Waals surface area contributed by atoms with E-state index in [4.69, 9.17) is 9.97 Å². The van der Waals surface area contributed by atoms with Gasteiger partial charge >= 0.3 is 0 Å². The lowest BCUT2D eigenvalue weighted by atomic mass is 9.96. The molecule has 308 valence electrons. The number of anilines is 3. The van der Waals surface area contributed by atoms with E-state index in [9.17, 15) is 0 Å². The summed E-state index contributed by atoms with van der Waals surface area (Å²) in [6.07, 6.45) is 3.87. The van der Waals surface area contributed by atoms with Crippen LogP contribution in [0.15, 0.2) is 249 Å². The number of hydrogen-bond donors (Lipinski definition) is 0. The topological polar surface area (TPSA) is 34.0 Å². The van der Waals surface area contributed by atoms with Gasteiger partial charge in [-0.25, -0.2) is 4.98 Å². The Balaban J connectivity index is 1.11. The zero-order chi connectivity index (χ0) is 43.5. The maximum atomic E-state index is 5.04. The summed E-state index contributed by atoms with van der Waals surface area (Å²) in [5, 5.41) is 1.14. The Morgan fingerprint density at radius 1 is 0.400 bits per heavy atom. The number of nitrogens with zero attached hydrogens (tertiary/aromatic N) is 4. The molecule has 3 heterocycles. The second kappa shape index (κ2) is 17.3. The summed E-state index contributed by atoms with van der Waals surface area (Å²) in [6.45, 7) is 2.14. The van der Waals surface area contributed by atoms with E-state index < -0.39 is 0 Å². The lowest BCUT2D eigenvalue weighted by molar-refractivity contribution is 1.05. The fourth-order valence-corrected chi connectivity index (χ4v) is 9.13. The van der Waals surface area contributed by atoms with Crippen LogP contribution in [0.4, 0.5) is 17.1 Å². The van der Waals surface area contributed by atoms with Crippen molar-refractivity contribution in [2.24, 2.45) is 0 Å². The van der Waals surface area contributed by atoms with Crippen molar-refractivity contribution < 1.29 is 0 Å². The highest BCUT2D eigenvalue weighted by molar-refractivity contribution is 6.07. The Morgan fingerprint density at radius 3 is 1.68 bits per heavy atom. The number of rotatable bonds is 10. The lowest BCUT2D eigenvalue weighted by Gasteiger charge is -2.28. The molecule has 0 radical (unpaired) electrons. The first kappa shape index (κ1) is 39.3. The van der Waals surface area contributed by atoms with Crippen LogP contribution in [0.5, 0.6) is 0 Å². The molecular formula is C61H44N4. The molecule has 0 bridgehead atoms. The van der Waals surface area contributed by atoms with Crippen molar-refractivity contribution in [3.63, 3.8) is 0 Å². The van der Waals surface area contributed by atoms with E-state index in [0.29, 0.717) is 0 Å². The minimum atomic E-state index is 0.852. The molecule has 0 unspecified atom stereocenters. The Labute approximate surface area is 380 Å². The quantitative estimate of drug-likeness (QED) is 0.138. The van der Waals surface area contributed by atoms with E-state index >= 15 is 0 Å². The predicted octanol–water partition coefficient (Wildman–Crippen LogP) is 16.2. The van der Waals surface area contributed by atoms with Crippen molar-refractivity contribution in [2.45, 2.75) is 6.92 Å². The van der Waals surface area contributed by atoms with Gasteiger partial charge in [0.25, 0.3) is 0 Å². The van der Waals surface area contributed by atoms with E-state index in [1.165, 1.54) is 11.1 Å². The van der Waals surface area contributed by atoms with Crippen LogP contribution in [-0.2, 0) is 0 Å². The third kappa shape index (κ3) is 7.58. The average Bonchev–Trinajstić information content (AvgIpc) is 3.73. The van der Waals surface area contributed by atoms with E-state index in [-0.39, 0.29) is 0 Å². The monoisotopic (exact) mass is 832 g/mol. The van der Waals surface area contributed by atoms with Crippen LogP contribution >= 0.6 is 0 Å². The first-order valence-electron chi connectivity index (χ1n) is 22.1. The van der Waals surface area contributed by atoms with Gasteiger partial charge in [-0.15, -0.1) is 0 Å². The Morgan fingerprint density at radius 2 is 0.969 bits per heavy atom. The van der Waals surface area contributed by atoms with Crippen LogP contribution in [0, 0.1) is 6.92 Å². The van der Waals surface area contributed by atoms with Gasteiger partial charge in [0.15, 0.2) is 0 Å². The van der Waals surface area contributed by atoms with Gasteiger partial charge in [-0.3, -0.25) is 9.55 Å². The van der Waals surface area contributed by atoms with Crippen LogP contribution in [-0.4, -0.2) is 14.5 Å². The molecule has 0 aliphatic rings. The molecule has 8 aromatic carbocycles. The highest BCUT2D eigenvalue weighted by Crippen LogP contribution is 2.47. The van der Waals surface area contributed by atoms with Crippen LogP contribution in [0.25, 0.3) is 83.7 Å². The van der Waals surface area contributed by atoms with Gasteiger partial charge < -0.3 is 4.90 Å². The SMILES string of the molecule is Cc1cnc(-c2cccc(N(c3ccc4c(-c5ccccc5)c(-c5ccccc5)n(-c5ccccn5)c4c3)c3ccccc3-c3ccccc3)c2)cc1-c1ccc(-c2ccccc2)cc1. The summed E-state index contributed by atoms with van der Waals surface area (Å²) >= 11 is 0. The summed E-state index contributed by atoms with van der Waals surface area (Å²) in [6, 6.07) is 84.2. The smallest absolute Gasteiger partial charge is 0.137 e. The maximum Gasteiger partial charge on any atom is 0.137 e. The first-order chi connectivity index (χ1) is 32.2. The zero-order valence-electron chi connectivity index (χ0n) is 36.0. The van der Waals surface area contributed by atoms with Crippen LogP contribution in [0.1, 0.15) is 5.56 Å². The van der Waals surface area contributed by atoms with Gasteiger partial charge in [0.1, 0.15) is 5.82 Å². The van der Waals surface area contributed by atoms with Crippen molar-refractivity contribution in [3.8, 4) is 72.8 Å². The summed E-state index contributed by atoms with van der Waals surface area (Å²) in [4.78, 5) is 12.4. The van der Waals surface area contributed by atoms with Gasteiger partial charge in [-0.05, 0) is 100.0 Å². The summed E-state index contributed by atoms with van der Waals surface area (Å²) in [5.41, 5.74) is 18.7. The highest BCUT2D eigenvalue weighted by Gasteiger charge is 2.25. The molecule has 0 N–H and O–H groups in total. The fourth-order valence-electron chi connectivity index (χ4n) is 9.13. The normalized spacial score (nSPS) is 11.2. The molecule has 4 nitrogen and oxygen atoms in total. The number of hydrogen-bond acceptors (Lipinski definition) is 3. The fraction of sp³-hybridized carbons (Fsp3) is 0.0164. The Hall–Kier alpha value is -8.60. The third-order valence-corrected chi connectivity index (χ3v) is 12.2. The Kier molecular flexibility index (Phi) is 10.4. The molecule has 3 aromatic heterocycles. The van der Waals surface area contributed by atoms with E-state index in [1.807, 2.05) is 18.5 Å². The number of aryl methyl sites for hydroxylation is 1. The molecular weight excluding hydrogens is 789 g/mol. The summed E-state index contributed by atoms with van der Waals surface area (Å²) in [7, 11) is 0. The second-order valence-corrected chi connectivity index (χ2v) is 16.3. The molecule has 65 heavy (non-hydrogen) atoms. The van der Waals surface area contributed by atoms with Crippen molar-refractivity contribution in [1.29, 1.82) is 0 Å². The molecule has 0 fully saturated rings. The second-order valence-electron chi connectivity index (χ2n) is 16.3. The average molecular weight is 833 g/mol. The minimum absolute atomic E-state index is 0.852. The van der Waals surface area contributed by atoms with Crippen molar-refractivity contribution >= 4 is 28.0 Å². The maximum absolute atomic E-state index is 5.04. The predicted molar refractivity (Wildman–Crippen MR) is 271 cm³/mol. The largest absolute Gasteiger partial charge is 0.310 e. The van der Waals surface area contributed by atoms with Crippen molar-refractivity contribution in [3.05, 3.63) is 255 Å². The van der Waals surface area contributed by atoms with E-state index in [0.717, 1.165) is 95.2 Å². The molecule has 0 amide bonds. The number of pyridine rings is 2. The zero-order valence-corrected chi connectivity index (χ0v) is 36.0. The molecule has 0 atom stereocenters. The van der Waals surface area contributed by atoms with Gasteiger partial charge in [0.05, 0.1) is 22.6 Å². The number of fused-ring (bicyclic) bond motifs is 1. The van der Waals surface area contributed by atoms with Gasteiger partial charge in [-0.1, -0.05) is 188 Å². The number of aromatic nitrogens is 3. The molecule has 11 aromatic rings. The van der Waals surface area contributed by atoms with Crippen LogP contribution in [0.3, 0.4) is 0 Å². The van der Waals surface area contributed by atoms with Crippen LogP contribution < -0.4 is 4.90 Å². The van der Waals surface area contributed by atoms with E-state index in [2.05, 4.69) is 247 Å². The lowest BCUT2D eigenvalue weighted by Crippen LogP contribution is -2.11. The number of para-hydroxylation sites is 1.